The summed E-state index contributed by atoms with van der Waals surface area (Å²) in [5, 5.41) is 2.61. The van der Waals surface area contributed by atoms with Crippen LogP contribution in [0, 0.1) is 5.92 Å². The molecule has 3 aromatic rings. The molecular formula is C32H29ClF3N3O4. The number of rotatable bonds is 8. The molecule has 2 unspecified atom stereocenters. The molecule has 1 N–H and O–H groups in total. The maximum Gasteiger partial charge on any atom is 0.454 e. The number of hydrogen-bond donors (Lipinski definition) is 1. The first-order valence-corrected chi connectivity index (χ1v) is 13.8. The van der Waals surface area contributed by atoms with Gasteiger partial charge in [-0.25, -0.2) is 0 Å². The molecule has 0 bridgehead atoms. The lowest BCUT2D eigenvalue weighted by atomic mass is 9.87. The summed E-state index contributed by atoms with van der Waals surface area (Å²) in [6, 6.07) is 20.3. The van der Waals surface area contributed by atoms with Gasteiger partial charge in [0.2, 0.25) is 5.91 Å². The molecule has 4 rings (SSSR count). The standard InChI is InChI=1S/C32H29ClF3N3O4/c1-20(2)27-29(42)39(31(37-21(3)40,30(43)32(34,35)36)18-22-10-6-4-7-11-22)26(23-12-8-5-9-13-23)19-38(27)28(41)24-14-16-25(33)17-15-24/h4-17,19-20,27H,18H2,1-3H3,(H,37,40). The van der Waals surface area contributed by atoms with Crippen LogP contribution in [0.2, 0.25) is 5.02 Å². The molecule has 1 aliphatic heterocycles. The fourth-order valence-corrected chi connectivity index (χ4v) is 5.34. The lowest BCUT2D eigenvalue weighted by Crippen LogP contribution is -2.73. The number of Topliss-reactive ketones (excluding diaryl/α,β-unsaturated/α-hetero) is 1. The van der Waals surface area contributed by atoms with Gasteiger partial charge < -0.3 is 10.2 Å². The molecule has 0 fully saturated rings. The number of carbonyl (C=O) groups excluding carboxylic acids is 4. The minimum atomic E-state index is -5.46. The van der Waals surface area contributed by atoms with Crippen LogP contribution >= 0.6 is 11.6 Å². The molecule has 1 heterocycles. The van der Waals surface area contributed by atoms with E-state index in [1.807, 2.05) is 0 Å². The molecule has 0 aliphatic carbocycles. The highest BCUT2D eigenvalue weighted by atomic mass is 35.5. The highest BCUT2D eigenvalue weighted by Crippen LogP contribution is 2.40. The fourth-order valence-electron chi connectivity index (χ4n) is 5.21. The Kier molecular flexibility index (Phi) is 9.10. The zero-order valence-corrected chi connectivity index (χ0v) is 24.3. The number of carbonyl (C=O) groups is 4. The molecule has 3 amide bonds. The molecule has 3 aromatic carbocycles. The van der Waals surface area contributed by atoms with Crippen LogP contribution in [0.15, 0.2) is 91.1 Å². The van der Waals surface area contributed by atoms with Crippen molar-refractivity contribution < 1.29 is 32.3 Å². The van der Waals surface area contributed by atoms with Gasteiger partial charge in [-0.05, 0) is 41.3 Å². The summed E-state index contributed by atoms with van der Waals surface area (Å²) in [6.45, 7) is 4.24. The fraction of sp³-hybridized carbons (Fsp3) is 0.250. The van der Waals surface area contributed by atoms with Crippen LogP contribution in [0.3, 0.4) is 0 Å². The van der Waals surface area contributed by atoms with Crippen LogP contribution in [0.5, 0.6) is 0 Å². The Hall–Kier alpha value is -4.44. The van der Waals surface area contributed by atoms with Crippen molar-refractivity contribution in [3.63, 3.8) is 0 Å². The van der Waals surface area contributed by atoms with Gasteiger partial charge in [0.15, 0.2) is 5.66 Å². The Labute approximate surface area is 251 Å². The maximum atomic E-state index is 14.6. The van der Waals surface area contributed by atoms with Crippen molar-refractivity contribution in [1.29, 1.82) is 0 Å². The minimum Gasteiger partial charge on any atom is -0.326 e. The third-order valence-corrected chi connectivity index (χ3v) is 7.25. The average molecular weight is 612 g/mol. The maximum absolute atomic E-state index is 14.6. The predicted octanol–water partition coefficient (Wildman–Crippen LogP) is 5.85. The predicted molar refractivity (Wildman–Crippen MR) is 155 cm³/mol. The van der Waals surface area contributed by atoms with Crippen LogP contribution in [-0.2, 0) is 20.8 Å². The van der Waals surface area contributed by atoms with Gasteiger partial charge in [0.1, 0.15) is 6.04 Å². The summed E-state index contributed by atoms with van der Waals surface area (Å²) in [5.74, 6) is -5.50. The Morgan fingerprint density at radius 2 is 1.47 bits per heavy atom. The van der Waals surface area contributed by atoms with Gasteiger partial charge >= 0.3 is 6.18 Å². The van der Waals surface area contributed by atoms with E-state index in [9.17, 15) is 32.3 Å². The van der Waals surface area contributed by atoms with E-state index in [4.69, 9.17) is 11.6 Å². The molecule has 7 nitrogen and oxygen atoms in total. The van der Waals surface area contributed by atoms with Crippen molar-refractivity contribution in [3.8, 4) is 0 Å². The van der Waals surface area contributed by atoms with Gasteiger partial charge in [-0.2, -0.15) is 13.2 Å². The summed E-state index contributed by atoms with van der Waals surface area (Å²) < 4.78 is 43.5. The average Bonchev–Trinajstić information content (AvgIpc) is 2.96. The van der Waals surface area contributed by atoms with Gasteiger partial charge in [0.05, 0.1) is 5.70 Å². The summed E-state index contributed by atoms with van der Waals surface area (Å²) >= 11 is 6.00. The molecule has 0 saturated heterocycles. The van der Waals surface area contributed by atoms with Gasteiger partial charge in [-0.15, -0.1) is 0 Å². The van der Waals surface area contributed by atoms with E-state index in [-0.39, 0.29) is 22.4 Å². The summed E-state index contributed by atoms with van der Waals surface area (Å²) in [6.07, 6.45) is -4.88. The number of hydrogen-bond acceptors (Lipinski definition) is 4. The third kappa shape index (κ3) is 6.49. The van der Waals surface area contributed by atoms with Gasteiger partial charge in [0.25, 0.3) is 17.6 Å². The van der Waals surface area contributed by atoms with E-state index in [1.54, 1.807) is 50.2 Å². The Bertz CT molecular complexity index is 1540. The molecular weight excluding hydrogens is 583 g/mol. The van der Waals surface area contributed by atoms with E-state index < -0.39 is 53.7 Å². The molecule has 0 spiro atoms. The molecule has 1 aliphatic rings. The van der Waals surface area contributed by atoms with E-state index in [2.05, 4.69) is 5.32 Å². The van der Waals surface area contributed by atoms with Crippen LogP contribution in [-0.4, -0.2) is 51.2 Å². The lowest BCUT2D eigenvalue weighted by molar-refractivity contribution is -0.187. The second-order valence-electron chi connectivity index (χ2n) is 10.5. The SMILES string of the molecule is CC(=O)NC(Cc1ccccc1)(C(=O)C(F)(F)F)N1C(=O)C(C(C)C)N(C(=O)c2ccc(Cl)cc2)C=C1c1ccccc1. The normalized spacial score (nSPS) is 16.9. The molecule has 43 heavy (non-hydrogen) atoms. The topological polar surface area (TPSA) is 86.8 Å². The van der Waals surface area contributed by atoms with Crippen LogP contribution < -0.4 is 5.32 Å². The highest BCUT2D eigenvalue weighted by molar-refractivity contribution is 6.30. The largest absolute Gasteiger partial charge is 0.454 e. The number of ketones is 1. The molecule has 0 saturated carbocycles. The number of nitrogens with zero attached hydrogens (tertiary/aromatic N) is 2. The number of amides is 3. The molecule has 224 valence electrons. The summed E-state index contributed by atoms with van der Waals surface area (Å²) in [4.78, 5) is 56.4. The first-order chi connectivity index (χ1) is 20.3. The number of nitrogens with one attached hydrogen (secondary N) is 1. The van der Waals surface area contributed by atoms with Crippen molar-refractivity contribution >= 4 is 40.8 Å². The number of halogens is 4. The van der Waals surface area contributed by atoms with E-state index in [0.717, 1.165) is 11.8 Å². The van der Waals surface area contributed by atoms with E-state index >= 15 is 0 Å². The Morgan fingerprint density at radius 3 is 1.98 bits per heavy atom. The zero-order chi connectivity index (χ0) is 31.5. The Morgan fingerprint density at radius 1 is 0.907 bits per heavy atom. The van der Waals surface area contributed by atoms with Crippen molar-refractivity contribution in [2.24, 2.45) is 5.92 Å². The quantitative estimate of drug-likeness (QED) is 0.346. The number of benzene rings is 3. The van der Waals surface area contributed by atoms with E-state index in [0.29, 0.717) is 9.92 Å². The molecule has 0 radical (unpaired) electrons. The molecule has 11 heteroatoms. The van der Waals surface area contributed by atoms with Crippen molar-refractivity contribution in [2.45, 2.75) is 45.1 Å². The highest BCUT2D eigenvalue weighted by Gasteiger charge is 2.61. The van der Waals surface area contributed by atoms with Gasteiger partial charge in [-0.3, -0.25) is 24.1 Å². The minimum absolute atomic E-state index is 0.174. The molecule has 2 atom stereocenters. The van der Waals surface area contributed by atoms with E-state index in [1.165, 1.54) is 54.7 Å². The summed E-state index contributed by atoms with van der Waals surface area (Å²) in [7, 11) is 0. The van der Waals surface area contributed by atoms with Crippen LogP contribution in [0.25, 0.3) is 5.70 Å². The zero-order valence-electron chi connectivity index (χ0n) is 23.6. The van der Waals surface area contributed by atoms with Crippen molar-refractivity contribution in [3.05, 3.63) is 113 Å². The Balaban J connectivity index is 2.05. The number of alkyl halides is 3. The third-order valence-electron chi connectivity index (χ3n) is 7.00. The first-order valence-electron chi connectivity index (χ1n) is 13.4. The summed E-state index contributed by atoms with van der Waals surface area (Å²) in [5.41, 5.74) is -2.41. The molecule has 0 aromatic heterocycles. The van der Waals surface area contributed by atoms with Crippen molar-refractivity contribution in [2.75, 3.05) is 0 Å². The van der Waals surface area contributed by atoms with Gasteiger partial charge in [0, 0.05) is 30.1 Å². The second-order valence-corrected chi connectivity index (χ2v) is 10.9. The lowest BCUT2D eigenvalue weighted by Gasteiger charge is -2.49. The second kappa shape index (κ2) is 12.4. The smallest absolute Gasteiger partial charge is 0.326 e. The van der Waals surface area contributed by atoms with Crippen LogP contribution in [0.4, 0.5) is 13.2 Å². The monoisotopic (exact) mass is 611 g/mol. The van der Waals surface area contributed by atoms with Crippen molar-refractivity contribution in [1.82, 2.24) is 15.1 Å². The van der Waals surface area contributed by atoms with Gasteiger partial charge in [-0.1, -0.05) is 86.1 Å². The van der Waals surface area contributed by atoms with Crippen LogP contribution in [0.1, 0.15) is 42.3 Å². The first kappa shape index (κ1) is 31.5.